The predicted molar refractivity (Wildman–Crippen MR) is 157 cm³/mol. The molecule has 1 aliphatic heterocycles. The number of rotatable bonds is 5. The van der Waals surface area contributed by atoms with Gasteiger partial charge in [0.05, 0.1) is 30.6 Å². The third-order valence-corrected chi connectivity index (χ3v) is 7.49. The summed E-state index contributed by atoms with van der Waals surface area (Å²) in [5.74, 6) is -2.73. The van der Waals surface area contributed by atoms with Crippen LogP contribution >= 0.6 is 0 Å². The summed E-state index contributed by atoms with van der Waals surface area (Å²) in [5, 5.41) is 13.6. The minimum Gasteiger partial charge on any atom is -0.460 e. The number of sulfonamides is 1. The van der Waals surface area contributed by atoms with Crippen LogP contribution in [0.1, 0.15) is 46.5 Å². The van der Waals surface area contributed by atoms with Crippen molar-refractivity contribution in [2.24, 2.45) is 5.92 Å². The number of hydrogen-bond donors (Lipinski definition) is 3. The predicted octanol–water partition coefficient (Wildman–Crippen LogP) is 2.12. The molecule has 0 aromatic rings. The number of ether oxygens (including phenoxy) is 2. The van der Waals surface area contributed by atoms with Crippen LogP contribution in [0.3, 0.4) is 0 Å². The average Bonchev–Trinajstić information content (AvgIpc) is 2.90. The fraction of sp³-hybridized carbons (Fsp3) is 0.467. The normalized spacial score (nSPS) is 28.6. The van der Waals surface area contributed by atoms with Gasteiger partial charge in [-0.05, 0) is 38.3 Å². The Labute approximate surface area is 247 Å². The first kappa shape index (κ1) is 34.7. The Morgan fingerprint density at radius 3 is 2.50 bits per heavy atom. The minimum atomic E-state index is -3.65. The Balaban J connectivity index is 2.35. The fourth-order valence-corrected chi connectivity index (χ4v) is 5.08. The van der Waals surface area contributed by atoms with Gasteiger partial charge < -0.3 is 19.9 Å². The summed E-state index contributed by atoms with van der Waals surface area (Å²) >= 11 is 0. The van der Waals surface area contributed by atoms with Gasteiger partial charge in [0.1, 0.15) is 12.1 Å². The second kappa shape index (κ2) is 16.3. The molecular weight excluding hydrogens is 564 g/mol. The molecule has 2 bridgehead atoms. The molecule has 11 nitrogen and oxygen atoms in total. The lowest BCUT2D eigenvalue weighted by Crippen LogP contribution is -2.42. The number of carbonyl (C=O) groups excluding carboxylic acids is 4. The summed E-state index contributed by atoms with van der Waals surface area (Å²) in [5.41, 5.74) is 0.694. The lowest BCUT2D eigenvalue weighted by Gasteiger charge is -2.29. The molecule has 0 spiro atoms. The highest BCUT2D eigenvalue weighted by atomic mass is 32.2. The van der Waals surface area contributed by atoms with Gasteiger partial charge in [-0.25, -0.2) is 13.1 Å². The summed E-state index contributed by atoms with van der Waals surface area (Å²) < 4.78 is 36.3. The van der Waals surface area contributed by atoms with Crippen LogP contribution in [0.25, 0.3) is 0 Å². The van der Waals surface area contributed by atoms with E-state index in [9.17, 15) is 32.7 Å². The minimum absolute atomic E-state index is 0.0775. The van der Waals surface area contributed by atoms with Crippen LogP contribution in [-0.4, -0.2) is 74.7 Å². The molecule has 1 amide bonds. The van der Waals surface area contributed by atoms with Crippen molar-refractivity contribution >= 4 is 33.5 Å². The van der Waals surface area contributed by atoms with Crippen molar-refractivity contribution in [3.05, 3.63) is 71.5 Å². The zero-order valence-corrected chi connectivity index (χ0v) is 25.3. The summed E-state index contributed by atoms with van der Waals surface area (Å²) in [6.07, 6.45) is 13.5. The van der Waals surface area contributed by atoms with Crippen molar-refractivity contribution in [2.45, 2.75) is 70.8 Å². The van der Waals surface area contributed by atoms with Gasteiger partial charge >= 0.3 is 5.97 Å². The number of esters is 1. The number of aliphatic hydroxyl groups is 1. The van der Waals surface area contributed by atoms with Crippen molar-refractivity contribution in [1.29, 1.82) is 0 Å². The fourth-order valence-electron chi connectivity index (χ4n) is 4.34. The van der Waals surface area contributed by atoms with Gasteiger partial charge in [-0.3, -0.25) is 19.2 Å². The third kappa shape index (κ3) is 11.4. The molecule has 0 saturated heterocycles. The molecule has 3 N–H and O–H groups in total. The summed E-state index contributed by atoms with van der Waals surface area (Å²) in [6.45, 7) is 4.79. The molecule has 0 radical (unpaired) electrons. The number of fused-ring (bicyclic) bond motifs is 2. The topological polar surface area (TPSA) is 165 Å². The number of aliphatic hydroxyl groups excluding tert-OH is 1. The summed E-state index contributed by atoms with van der Waals surface area (Å²) in [6, 6.07) is -1.13. The van der Waals surface area contributed by atoms with Gasteiger partial charge in [-0.15, -0.1) is 0 Å². The van der Waals surface area contributed by atoms with Gasteiger partial charge in [0, 0.05) is 31.1 Å². The van der Waals surface area contributed by atoms with Crippen molar-refractivity contribution in [3.8, 4) is 0 Å². The Morgan fingerprint density at radius 2 is 1.83 bits per heavy atom. The summed E-state index contributed by atoms with van der Waals surface area (Å²) in [4.78, 5) is 50.4. The molecule has 0 saturated carbocycles. The van der Waals surface area contributed by atoms with E-state index < -0.39 is 63.7 Å². The first-order chi connectivity index (χ1) is 19.7. The molecule has 5 atom stereocenters. The van der Waals surface area contributed by atoms with E-state index in [0.717, 1.165) is 12.3 Å². The number of ketones is 2. The lowest BCUT2D eigenvalue weighted by molar-refractivity contribution is -0.154. The first-order valence-electron chi connectivity index (χ1n) is 13.6. The number of Topliss-reactive ketones (excluding diaryl/α,β-unsaturated/α-hetero) is 1. The van der Waals surface area contributed by atoms with Crippen LogP contribution in [0, 0.1) is 5.92 Å². The number of amides is 1. The standard InChI is InChI=1S/C30H40N2O9S/c1-19-12-11-13-22-16-23(33)17-25(29(22)36)31-27(34)18-24(40-4)14-9-7-6-8-10-15-26(20(2)28(19)35)41-30(37)21(3)32-42(5,38)39/h6-10,12,14,16-17,20-21,24,26,28,32,35H,11,13,15,18H2,1-5H3,(H,31,34)/b7-6+,10-8+,14-9?,19-12-. The number of carbonyl (C=O) groups is 4. The van der Waals surface area contributed by atoms with Gasteiger partial charge in [0.25, 0.3) is 0 Å². The molecule has 5 unspecified atom stereocenters. The highest BCUT2D eigenvalue weighted by molar-refractivity contribution is 7.88. The maximum absolute atomic E-state index is 12.9. The quantitative estimate of drug-likeness (QED) is 0.242. The molecule has 42 heavy (non-hydrogen) atoms. The molecule has 0 fully saturated rings. The van der Waals surface area contributed by atoms with E-state index in [1.165, 1.54) is 20.1 Å². The SMILES string of the molecule is COC1C=C/C=C/C=C/CC(OC(=O)C(C)NS(C)(=O)=O)C(C)C(O)/C(C)=C\CCC2=CC(=O)C=C(NC(=O)C1)C2=O. The van der Waals surface area contributed by atoms with Crippen LogP contribution in [0.15, 0.2) is 71.5 Å². The highest BCUT2D eigenvalue weighted by Crippen LogP contribution is 2.24. The van der Waals surface area contributed by atoms with E-state index in [4.69, 9.17) is 9.47 Å². The largest absolute Gasteiger partial charge is 0.460 e. The Kier molecular flexibility index (Phi) is 13.4. The molecule has 0 aromatic carbocycles. The summed E-state index contributed by atoms with van der Waals surface area (Å²) in [7, 11) is -2.20. The first-order valence-corrected chi connectivity index (χ1v) is 15.5. The molecule has 1 heterocycles. The van der Waals surface area contributed by atoms with Crippen LogP contribution in [0.5, 0.6) is 0 Å². The highest BCUT2D eigenvalue weighted by Gasteiger charge is 2.30. The third-order valence-electron chi connectivity index (χ3n) is 6.71. The van der Waals surface area contributed by atoms with Gasteiger partial charge in [0.2, 0.25) is 21.7 Å². The van der Waals surface area contributed by atoms with Gasteiger partial charge in [-0.2, -0.15) is 0 Å². The molecule has 230 valence electrons. The monoisotopic (exact) mass is 604 g/mol. The van der Waals surface area contributed by atoms with Crippen molar-refractivity contribution < 1.29 is 42.2 Å². The Bertz CT molecular complexity index is 1320. The molecule has 12 heteroatoms. The number of methoxy groups -OCH3 is 1. The molecule has 2 aliphatic rings. The van der Waals surface area contributed by atoms with Crippen molar-refractivity contribution in [2.75, 3.05) is 13.4 Å². The van der Waals surface area contributed by atoms with Crippen LogP contribution < -0.4 is 10.0 Å². The van der Waals surface area contributed by atoms with E-state index in [0.29, 0.717) is 12.0 Å². The number of hydrogen-bond acceptors (Lipinski definition) is 9. The molecule has 1 aliphatic carbocycles. The Hall–Kier alpha value is -3.45. The van der Waals surface area contributed by atoms with E-state index in [1.807, 2.05) is 0 Å². The average molecular weight is 605 g/mol. The zero-order chi connectivity index (χ0) is 31.4. The van der Waals surface area contributed by atoms with Crippen LogP contribution in [0.4, 0.5) is 0 Å². The molecule has 2 rings (SSSR count). The maximum atomic E-state index is 12.9. The number of nitrogens with one attached hydrogen (secondary N) is 2. The number of allylic oxidation sites excluding steroid dienone is 8. The molecular formula is C30H40N2O9S. The van der Waals surface area contributed by atoms with E-state index in [2.05, 4.69) is 10.0 Å². The van der Waals surface area contributed by atoms with Gasteiger partial charge in [-0.1, -0.05) is 49.5 Å². The second-order valence-electron chi connectivity index (χ2n) is 10.3. The van der Waals surface area contributed by atoms with Crippen LogP contribution in [0.2, 0.25) is 0 Å². The van der Waals surface area contributed by atoms with E-state index in [-0.39, 0.29) is 30.5 Å². The smallest absolute Gasteiger partial charge is 0.324 e. The zero-order valence-electron chi connectivity index (χ0n) is 24.5. The van der Waals surface area contributed by atoms with Crippen molar-refractivity contribution in [3.63, 3.8) is 0 Å². The van der Waals surface area contributed by atoms with Gasteiger partial charge in [0.15, 0.2) is 5.78 Å². The maximum Gasteiger partial charge on any atom is 0.324 e. The van der Waals surface area contributed by atoms with Crippen LogP contribution in [-0.2, 0) is 38.7 Å². The van der Waals surface area contributed by atoms with Crippen molar-refractivity contribution in [1.82, 2.24) is 10.0 Å². The second-order valence-corrected chi connectivity index (χ2v) is 12.1. The lowest BCUT2D eigenvalue weighted by atomic mass is 9.90. The van der Waals surface area contributed by atoms with E-state index in [1.54, 1.807) is 56.4 Å². The van der Waals surface area contributed by atoms with E-state index >= 15 is 0 Å². The Morgan fingerprint density at radius 1 is 1.14 bits per heavy atom. The molecule has 0 aromatic heterocycles.